The van der Waals surface area contributed by atoms with E-state index in [1.807, 2.05) is 62.6 Å². The summed E-state index contributed by atoms with van der Waals surface area (Å²) in [5.74, 6) is -1.21. The van der Waals surface area contributed by atoms with E-state index in [2.05, 4.69) is 27.7 Å². The number of amides is 2. The Kier molecular flexibility index (Phi) is 8.45. The lowest BCUT2D eigenvalue weighted by molar-refractivity contribution is -0.138. The van der Waals surface area contributed by atoms with Gasteiger partial charge in [0.1, 0.15) is 6.54 Å². The summed E-state index contributed by atoms with van der Waals surface area (Å²) in [6.45, 7) is 0.562. The lowest BCUT2D eigenvalue weighted by Crippen LogP contribution is -2.36. The van der Waals surface area contributed by atoms with Crippen LogP contribution in [0.15, 0.2) is 103 Å². The van der Waals surface area contributed by atoms with Crippen molar-refractivity contribution in [1.29, 1.82) is 0 Å². The minimum Gasteiger partial charge on any atom is -0.468 e. The van der Waals surface area contributed by atoms with Gasteiger partial charge in [0.15, 0.2) is 0 Å². The molecule has 0 saturated heterocycles. The predicted molar refractivity (Wildman–Crippen MR) is 166 cm³/mol. The normalized spacial score (nSPS) is 13.3. The van der Waals surface area contributed by atoms with Crippen molar-refractivity contribution in [1.82, 2.24) is 4.90 Å². The summed E-state index contributed by atoms with van der Waals surface area (Å²) in [7, 11) is 5.33. The Balaban J connectivity index is 1.57. The van der Waals surface area contributed by atoms with Crippen LogP contribution in [0.3, 0.4) is 0 Å². The summed E-state index contributed by atoms with van der Waals surface area (Å²) in [5.41, 5.74) is 5.93. The van der Waals surface area contributed by atoms with Crippen molar-refractivity contribution in [2.75, 3.05) is 43.3 Å². The second kappa shape index (κ2) is 12.5. The molecule has 0 aromatic heterocycles. The fourth-order valence-corrected chi connectivity index (χ4v) is 4.87. The largest absolute Gasteiger partial charge is 0.468 e. The molecule has 0 radical (unpaired) electrons. The van der Waals surface area contributed by atoms with Gasteiger partial charge in [-0.1, -0.05) is 60.7 Å². The van der Waals surface area contributed by atoms with Gasteiger partial charge in [0.05, 0.1) is 18.4 Å². The molecule has 0 unspecified atom stereocenters. The smallest absolute Gasteiger partial charge is 0.325 e. The molecule has 2 N–H and O–H groups in total. The fraction of sp³-hybridized carbons (Fsp3) is 0.147. The van der Waals surface area contributed by atoms with Crippen LogP contribution in [-0.2, 0) is 20.9 Å². The quantitative estimate of drug-likeness (QED) is 0.208. The van der Waals surface area contributed by atoms with Gasteiger partial charge in [0.2, 0.25) is 0 Å². The highest BCUT2D eigenvalue weighted by atomic mass is 16.5. The zero-order chi connectivity index (χ0) is 29.6. The van der Waals surface area contributed by atoms with E-state index in [0.717, 1.165) is 17.8 Å². The third-order valence-electron chi connectivity index (χ3n) is 6.87. The van der Waals surface area contributed by atoms with Crippen LogP contribution >= 0.6 is 0 Å². The molecule has 0 atom stereocenters. The van der Waals surface area contributed by atoms with E-state index < -0.39 is 5.97 Å². The molecule has 0 bridgehead atoms. The number of nitrogens with zero attached hydrogens (tertiary/aromatic N) is 2. The van der Waals surface area contributed by atoms with Crippen molar-refractivity contribution in [3.05, 3.63) is 125 Å². The van der Waals surface area contributed by atoms with Crippen LogP contribution in [0.4, 0.5) is 17.1 Å². The number of anilines is 3. The molecule has 0 spiro atoms. The third-order valence-corrected chi connectivity index (χ3v) is 6.87. The van der Waals surface area contributed by atoms with E-state index in [1.165, 1.54) is 17.6 Å². The second-order valence-corrected chi connectivity index (χ2v) is 10.2. The third kappa shape index (κ3) is 6.24. The fourth-order valence-electron chi connectivity index (χ4n) is 4.87. The number of ether oxygens (including phenoxy) is 1. The summed E-state index contributed by atoms with van der Waals surface area (Å²) in [4.78, 5) is 42.9. The van der Waals surface area contributed by atoms with E-state index in [-0.39, 0.29) is 18.4 Å². The number of nitrogens with one attached hydrogen (secondary N) is 2. The topological polar surface area (TPSA) is 91.0 Å². The van der Waals surface area contributed by atoms with Gasteiger partial charge in [-0.15, -0.1) is 0 Å². The maximum absolute atomic E-state index is 13.8. The molecule has 0 saturated carbocycles. The number of carbonyl (C=O) groups excluding carboxylic acids is 3. The standard InChI is InChI=1S/C34H32N4O4/c1-37(2)21-23-14-17-26(18-15-23)35-32(24-10-6-4-7-11-24)31-28-20-25(16-19-29(28)36-33(31)40)34(41)38(22-30(39)42-3)27-12-8-5-9-13-27/h4-20,35H,21-22H2,1-3H3,(H,36,40)/b32-31-. The summed E-state index contributed by atoms with van der Waals surface area (Å²) in [5, 5.41) is 6.41. The number of benzene rings is 4. The average molecular weight is 561 g/mol. The highest BCUT2D eigenvalue weighted by Gasteiger charge is 2.30. The Morgan fingerprint density at radius 2 is 1.50 bits per heavy atom. The maximum atomic E-state index is 13.8. The van der Waals surface area contributed by atoms with E-state index in [0.29, 0.717) is 33.8 Å². The molecule has 1 aliphatic rings. The number of methoxy groups -OCH3 is 1. The number of fused-ring (bicyclic) bond motifs is 1. The molecule has 4 aromatic rings. The van der Waals surface area contributed by atoms with Gasteiger partial charge in [0, 0.05) is 34.7 Å². The molecule has 8 heteroatoms. The van der Waals surface area contributed by atoms with Crippen LogP contribution in [0.5, 0.6) is 0 Å². The van der Waals surface area contributed by atoms with Gasteiger partial charge in [-0.2, -0.15) is 0 Å². The van der Waals surface area contributed by atoms with Crippen molar-refractivity contribution in [3.8, 4) is 0 Å². The minimum absolute atomic E-state index is 0.253. The number of para-hydroxylation sites is 1. The first-order valence-electron chi connectivity index (χ1n) is 13.5. The van der Waals surface area contributed by atoms with E-state index in [9.17, 15) is 14.4 Å². The van der Waals surface area contributed by atoms with Gasteiger partial charge in [0.25, 0.3) is 11.8 Å². The number of rotatable bonds is 9. The Hall–Kier alpha value is -5.21. The van der Waals surface area contributed by atoms with Crippen LogP contribution in [-0.4, -0.2) is 50.4 Å². The molecular weight excluding hydrogens is 528 g/mol. The molecule has 212 valence electrons. The van der Waals surface area contributed by atoms with E-state index >= 15 is 0 Å². The van der Waals surface area contributed by atoms with Gasteiger partial charge >= 0.3 is 5.97 Å². The highest BCUT2D eigenvalue weighted by molar-refractivity contribution is 6.37. The van der Waals surface area contributed by atoms with Gasteiger partial charge in [-0.3, -0.25) is 19.3 Å². The molecule has 0 fully saturated rings. The first-order chi connectivity index (χ1) is 20.3. The maximum Gasteiger partial charge on any atom is 0.325 e. The SMILES string of the molecule is COC(=O)CN(C(=O)c1ccc2c(c1)/C(=C(/Nc1ccc(CN(C)C)cc1)c1ccccc1)C(=O)N2)c1ccccc1. The summed E-state index contributed by atoms with van der Waals surface area (Å²) in [6, 6.07) is 31.7. The molecule has 1 heterocycles. The van der Waals surface area contributed by atoms with E-state index in [4.69, 9.17) is 4.74 Å². The molecule has 5 rings (SSSR count). The molecular formula is C34H32N4O4. The van der Waals surface area contributed by atoms with E-state index in [1.54, 1.807) is 42.5 Å². The highest BCUT2D eigenvalue weighted by Crippen LogP contribution is 2.38. The minimum atomic E-state index is -0.544. The second-order valence-electron chi connectivity index (χ2n) is 10.2. The number of carbonyl (C=O) groups is 3. The van der Waals surface area contributed by atoms with Crippen molar-refractivity contribution < 1.29 is 19.1 Å². The van der Waals surface area contributed by atoms with Crippen molar-refractivity contribution >= 4 is 46.1 Å². The van der Waals surface area contributed by atoms with Crippen molar-refractivity contribution in [2.45, 2.75) is 6.54 Å². The van der Waals surface area contributed by atoms with Crippen molar-refractivity contribution in [2.24, 2.45) is 0 Å². The van der Waals surface area contributed by atoms with Crippen LogP contribution in [0.2, 0.25) is 0 Å². The van der Waals surface area contributed by atoms with Gasteiger partial charge in [-0.25, -0.2) is 0 Å². The Bertz CT molecular complexity index is 1630. The number of hydrogen-bond donors (Lipinski definition) is 2. The Morgan fingerprint density at radius 3 is 2.14 bits per heavy atom. The molecule has 42 heavy (non-hydrogen) atoms. The van der Waals surface area contributed by atoms with Crippen LogP contribution in [0.1, 0.15) is 27.0 Å². The Morgan fingerprint density at radius 1 is 0.833 bits per heavy atom. The molecule has 0 aliphatic carbocycles. The molecule has 1 aliphatic heterocycles. The van der Waals surface area contributed by atoms with Crippen LogP contribution in [0, 0.1) is 0 Å². The zero-order valence-corrected chi connectivity index (χ0v) is 23.8. The predicted octanol–water partition coefficient (Wildman–Crippen LogP) is 5.50. The van der Waals surface area contributed by atoms with Crippen molar-refractivity contribution in [3.63, 3.8) is 0 Å². The monoisotopic (exact) mass is 560 g/mol. The summed E-state index contributed by atoms with van der Waals surface area (Å²) in [6.07, 6.45) is 0. The summed E-state index contributed by atoms with van der Waals surface area (Å²) >= 11 is 0. The van der Waals surface area contributed by atoms with Gasteiger partial charge < -0.3 is 20.3 Å². The first kappa shape index (κ1) is 28.3. The lowest BCUT2D eigenvalue weighted by atomic mass is 9.98. The molecule has 4 aromatic carbocycles. The Labute approximate surface area is 245 Å². The first-order valence-corrected chi connectivity index (χ1v) is 13.5. The van der Waals surface area contributed by atoms with Gasteiger partial charge in [-0.05, 0) is 67.7 Å². The zero-order valence-electron chi connectivity index (χ0n) is 23.8. The molecule has 8 nitrogen and oxygen atoms in total. The van der Waals surface area contributed by atoms with Crippen LogP contribution < -0.4 is 15.5 Å². The average Bonchev–Trinajstić information content (AvgIpc) is 3.34. The lowest BCUT2D eigenvalue weighted by Gasteiger charge is -2.22. The summed E-state index contributed by atoms with van der Waals surface area (Å²) < 4.78 is 4.85. The van der Waals surface area contributed by atoms with Crippen LogP contribution in [0.25, 0.3) is 11.3 Å². The molecule has 2 amide bonds. The number of hydrogen-bond acceptors (Lipinski definition) is 6. The number of esters is 1.